The van der Waals surface area contributed by atoms with Gasteiger partial charge < -0.3 is 20.7 Å². The summed E-state index contributed by atoms with van der Waals surface area (Å²) in [7, 11) is 1.26. The predicted octanol–water partition coefficient (Wildman–Crippen LogP) is 1.66. The minimum atomic E-state index is -1.02. The van der Waals surface area contributed by atoms with E-state index in [0.717, 1.165) is 21.9 Å². The molecule has 1 aliphatic heterocycles. The van der Waals surface area contributed by atoms with Crippen LogP contribution in [0.15, 0.2) is 72.8 Å². The minimum Gasteiger partial charge on any atom is -0.467 e. The van der Waals surface area contributed by atoms with Gasteiger partial charge in [-0.15, -0.1) is 0 Å². The lowest BCUT2D eigenvalue weighted by Crippen LogP contribution is -2.63. The smallest absolute Gasteiger partial charge is 0.328 e. The maximum absolute atomic E-state index is 12.8. The van der Waals surface area contributed by atoms with Gasteiger partial charge in [0.1, 0.15) is 18.1 Å². The molecule has 35 heavy (non-hydrogen) atoms. The van der Waals surface area contributed by atoms with Gasteiger partial charge in [-0.3, -0.25) is 14.4 Å². The van der Waals surface area contributed by atoms with Crippen LogP contribution < -0.4 is 16.0 Å². The molecule has 4 rings (SSSR count). The molecular weight excluding hydrogens is 446 g/mol. The molecule has 1 heterocycles. The van der Waals surface area contributed by atoms with E-state index in [0.29, 0.717) is 6.42 Å². The van der Waals surface area contributed by atoms with Gasteiger partial charge >= 0.3 is 5.97 Å². The van der Waals surface area contributed by atoms with E-state index in [1.807, 2.05) is 72.8 Å². The van der Waals surface area contributed by atoms with Crippen LogP contribution in [0.4, 0.5) is 0 Å². The molecule has 3 atom stereocenters. The molecule has 8 nitrogen and oxygen atoms in total. The Morgan fingerprint density at radius 2 is 1.54 bits per heavy atom. The number of rotatable bonds is 8. The van der Waals surface area contributed by atoms with Crippen LogP contribution in [0.5, 0.6) is 0 Å². The summed E-state index contributed by atoms with van der Waals surface area (Å²) in [6.45, 7) is 0. The molecule has 3 amide bonds. The number of piperazine rings is 1. The average molecular weight is 474 g/mol. The summed E-state index contributed by atoms with van der Waals surface area (Å²) in [5.74, 6) is -1.93. The molecule has 0 spiro atoms. The van der Waals surface area contributed by atoms with Crippen molar-refractivity contribution in [1.82, 2.24) is 16.0 Å². The van der Waals surface area contributed by atoms with Crippen molar-refractivity contribution >= 4 is 34.5 Å². The Kier molecular flexibility index (Phi) is 7.40. The number of methoxy groups -OCH3 is 1. The van der Waals surface area contributed by atoms with Gasteiger partial charge in [0.05, 0.1) is 13.5 Å². The molecule has 3 N–H and O–H groups in total. The minimum absolute atomic E-state index is 0.224. The number of benzene rings is 3. The second-order valence-corrected chi connectivity index (χ2v) is 8.50. The van der Waals surface area contributed by atoms with E-state index in [9.17, 15) is 19.2 Å². The summed E-state index contributed by atoms with van der Waals surface area (Å²) in [6.07, 6.45) is 0.285. The Morgan fingerprint density at radius 3 is 2.31 bits per heavy atom. The van der Waals surface area contributed by atoms with E-state index in [1.54, 1.807) is 0 Å². The molecule has 1 aliphatic rings. The molecule has 0 aliphatic carbocycles. The number of carbonyl (C=O) groups excluding carboxylic acids is 4. The van der Waals surface area contributed by atoms with Gasteiger partial charge in [-0.05, 0) is 21.9 Å². The van der Waals surface area contributed by atoms with Gasteiger partial charge in [-0.25, -0.2) is 4.79 Å². The second-order valence-electron chi connectivity index (χ2n) is 8.50. The third kappa shape index (κ3) is 5.84. The molecule has 0 radical (unpaired) electrons. The fourth-order valence-corrected chi connectivity index (χ4v) is 4.28. The van der Waals surface area contributed by atoms with Gasteiger partial charge in [0.25, 0.3) is 0 Å². The molecule has 180 valence electrons. The molecular formula is C27H27N3O5. The van der Waals surface area contributed by atoms with Gasteiger partial charge in [0, 0.05) is 12.8 Å². The number of nitrogens with one attached hydrogen (secondary N) is 3. The third-order valence-electron chi connectivity index (χ3n) is 6.06. The first-order chi connectivity index (χ1) is 16.9. The standard InChI is InChI=1S/C27H27N3O5/c1-35-27(34)23(15-19-12-7-11-18-10-5-6-13-20(18)19)28-24(31)16-22-26(33)29-21(25(32)30-22)14-17-8-3-2-4-9-17/h2-13,21-23H,14-16H2,1H3,(H,28,31)(H,29,33)(H,30,32)/t21-,22-,23-/m0/s1. The zero-order chi connectivity index (χ0) is 24.8. The highest BCUT2D eigenvalue weighted by Crippen LogP contribution is 2.20. The summed E-state index contributed by atoms with van der Waals surface area (Å²) in [4.78, 5) is 50.3. The summed E-state index contributed by atoms with van der Waals surface area (Å²) < 4.78 is 4.89. The normalized spacial score (nSPS) is 18.3. The van der Waals surface area contributed by atoms with Crippen LogP contribution in [0.25, 0.3) is 10.8 Å². The van der Waals surface area contributed by atoms with Crippen LogP contribution in [-0.4, -0.2) is 48.9 Å². The Labute approximate surface area is 203 Å². The van der Waals surface area contributed by atoms with Gasteiger partial charge in [-0.1, -0.05) is 72.8 Å². The van der Waals surface area contributed by atoms with Crippen molar-refractivity contribution in [3.8, 4) is 0 Å². The monoisotopic (exact) mass is 473 g/mol. The maximum Gasteiger partial charge on any atom is 0.328 e. The summed E-state index contributed by atoms with van der Waals surface area (Å²) in [5.41, 5.74) is 1.80. The molecule has 8 heteroatoms. The molecule has 0 saturated carbocycles. The van der Waals surface area contributed by atoms with Gasteiger partial charge in [-0.2, -0.15) is 0 Å². The quantitative estimate of drug-likeness (QED) is 0.431. The number of esters is 1. The molecule has 0 bridgehead atoms. The molecule has 3 aromatic carbocycles. The van der Waals surface area contributed by atoms with E-state index in [2.05, 4.69) is 16.0 Å². The zero-order valence-corrected chi connectivity index (χ0v) is 19.3. The SMILES string of the molecule is COC(=O)[C@H](Cc1cccc2ccccc12)NC(=O)C[C@@H]1NC(=O)[C@H](Cc2ccccc2)NC1=O. The summed E-state index contributed by atoms with van der Waals surface area (Å²) >= 11 is 0. The second kappa shape index (κ2) is 10.8. The van der Waals surface area contributed by atoms with Crippen LogP contribution in [0.3, 0.4) is 0 Å². The highest BCUT2D eigenvalue weighted by Gasteiger charge is 2.35. The van der Waals surface area contributed by atoms with Gasteiger partial charge in [0.2, 0.25) is 17.7 Å². The number of fused-ring (bicyclic) bond motifs is 1. The molecule has 3 aromatic rings. The molecule has 0 aromatic heterocycles. The van der Waals surface area contributed by atoms with Crippen LogP contribution in [0.2, 0.25) is 0 Å². The Balaban J connectivity index is 1.39. The molecule has 1 saturated heterocycles. The number of carbonyl (C=O) groups is 4. The number of hydrogen-bond acceptors (Lipinski definition) is 5. The van der Waals surface area contributed by atoms with Crippen LogP contribution in [0.1, 0.15) is 17.5 Å². The average Bonchev–Trinajstić information content (AvgIpc) is 2.87. The maximum atomic E-state index is 12.8. The number of amides is 3. The van der Waals surface area contributed by atoms with Crippen LogP contribution in [0, 0.1) is 0 Å². The summed E-state index contributed by atoms with van der Waals surface area (Å²) in [6, 6.07) is 20.2. The van der Waals surface area contributed by atoms with E-state index in [-0.39, 0.29) is 18.7 Å². The first kappa shape index (κ1) is 23.9. The predicted molar refractivity (Wildman–Crippen MR) is 130 cm³/mol. The van der Waals surface area contributed by atoms with Crippen molar-refractivity contribution in [2.45, 2.75) is 37.4 Å². The first-order valence-corrected chi connectivity index (χ1v) is 11.4. The van der Waals surface area contributed by atoms with Crippen LogP contribution in [-0.2, 0) is 36.8 Å². The molecule has 0 unspecified atom stereocenters. The van der Waals surface area contributed by atoms with Crippen molar-refractivity contribution < 1.29 is 23.9 Å². The van der Waals surface area contributed by atoms with E-state index >= 15 is 0 Å². The lowest BCUT2D eigenvalue weighted by Gasteiger charge is -2.29. The van der Waals surface area contributed by atoms with E-state index in [4.69, 9.17) is 4.74 Å². The lowest BCUT2D eigenvalue weighted by molar-refractivity contribution is -0.145. The van der Waals surface area contributed by atoms with E-state index < -0.39 is 35.9 Å². The largest absolute Gasteiger partial charge is 0.467 e. The summed E-state index contributed by atoms with van der Waals surface area (Å²) in [5, 5.41) is 9.99. The third-order valence-corrected chi connectivity index (χ3v) is 6.06. The highest BCUT2D eigenvalue weighted by atomic mass is 16.5. The first-order valence-electron chi connectivity index (χ1n) is 11.4. The van der Waals surface area contributed by atoms with Crippen molar-refractivity contribution in [2.24, 2.45) is 0 Å². The Hall–Kier alpha value is -4.20. The zero-order valence-electron chi connectivity index (χ0n) is 19.3. The number of hydrogen-bond donors (Lipinski definition) is 3. The van der Waals surface area contributed by atoms with Crippen LogP contribution >= 0.6 is 0 Å². The Bertz CT molecular complexity index is 1240. The van der Waals surface area contributed by atoms with Crippen molar-refractivity contribution in [2.75, 3.05) is 7.11 Å². The van der Waals surface area contributed by atoms with Crippen molar-refractivity contribution in [3.05, 3.63) is 83.9 Å². The highest BCUT2D eigenvalue weighted by molar-refractivity contribution is 5.99. The van der Waals surface area contributed by atoms with Crippen molar-refractivity contribution in [1.29, 1.82) is 0 Å². The number of ether oxygens (including phenoxy) is 1. The van der Waals surface area contributed by atoms with Crippen molar-refractivity contribution in [3.63, 3.8) is 0 Å². The lowest BCUT2D eigenvalue weighted by atomic mass is 9.98. The fourth-order valence-electron chi connectivity index (χ4n) is 4.28. The Morgan fingerprint density at radius 1 is 0.886 bits per heavy atom. The van der Waals surface area contributed by atoms with Gasteiger partial charge in [0.15, 0.2) is 0 Å². The fraction of sp³-hybridized carbons (Fsp3) is 0.259. The topological polar surface area (TPSA) is 114 Å². The molecule has 1 fully saturated rings. The van der Waals surface area contributed by atoms with E-state index in [1.165, 1.54) is 7.11 Å².